The summed E-state index contributed by atoms with van der Waals surface area (Å²) in [5.74, 6) is 2.79. The third-order valence-electron chi connectivity index (χ3n) is 1.31. The number of rotatable bonds is 1. The van der Waals surface area contributed by atoms with Crippen LogP contribution in [0.1, 0.15) is 6.42 Å². The van der Waals surface area contributed by atoms with Crippen LogP contribution < -0.4 is 0 Å². The van der Waals surface area contributed by atoms with Crippen LogP contribution in [0, 0.1) is 0 Å². The molecule has 0 radical (unpaired) electrons. The van der Waals surface area contributed by atoms with E-state index < -0.39 is 0 Å². The van der Waals surface area contributed by atoms with Crippen molar-refractivity contribution >= 4 is 30.2 Å². The Morgan fingerprint density at radius 2 is 2.38 bits per heavy atom. The topological polar surface area (TPSA) is 0 Å². The van der Waals surface area contributed by atoms with Crippen LogP contribution in [0.5, 0.6) is 0 Å². The van der Waals surface area contributed by atoms with Crippen molar-refractivity contribution in [2.24, 2.45) is 0 Å². The van der Waals surface area contributed by atoms with Gasteiger partial charge in [0.1, 0.15) is 0 Å². The molecule has 0 N–H and O–H groups in total. The lowest BCUT2D eigenvalue weighted by atomic mass is 10.4. The minimum absolute atomic E-state index is 1.06. The summed E-state index contributed by atoms with van der Waals surface area (Å²) in [6.45, 7) is 2.32. The monoisotopic (exact) mass is 166 g/mol. The molecule has 0 aromatic rings. The molecule has 1 fully saturated rings. The molecule has 1 aliphatic rings. The molecule has 3 heteroatoms. The Bertz CT molecular complexity index is 61.4. The molecule has 0 amide bonds. The van der Waals surface area contributed by atoms with Crippen LogP contribution in [-0.2, 0) is 0 Å². The molecule has 0 aromatic heterocycles. The van der Waals surface area contributed by atoms with Crippen molar-refractivity contribution in [2.75, 3.05) is 18.2 Å². The molecule has 0 saturated carbocycles. The molecule has 0 aromatic carbocycles. The molecule has 1 heterocycles. The van der Waals surface area contributed by atoms with Gasteiger partial charge in [0.25, 0.3) is 0 Å². The van der Waals surface area contributed by atoms with Crippen LogP contribution in [0.25, 0.3) is 0 Å². The van der Waals surface area contributed by atoms with Crippen LogP contribution in [0.2, 0.25) is 0 Å². The van der Waals surface area contributed by atoms with Crippen LogP contribution in [0.15, 0.2) is 0 Å². The Kier molecular flexibility index (Phi) is 3.64. The van der Waals surface area contributed by atoms with E-state index in [1.54, 1.807) is 0 Å². The van der Waals surface area contributed by atoms with Crippen molar-refractivity contribution in [3.8, 4) is 0 Å². The van der Waals surface area contributed by atoms with Gasteiger partial charge in [0.2, 0.25) is 0 Å². The van der Waals surface area contributed by atoms with Gasteiger partial charge in [-0.15, -0.1) is 8.58 Å². The molecular formula is C5H11PS2. The smallest absolute Gasteiger partial charge is 0.0102 e. The predicted octanol–water partition coefficient (Wildman–Crippen LogP) is 2.45. The first-order valence-corrected chi connectivity index (χ1v) is 6.91. The van der Waals surface area contributed by atoms with Crippen LogP contribution >= 0.6 is 30.2 Å². The van der Waals surface area contributed by atoms with Gasteiger partial charge < -0.3 is 0 Å². The van der Waals surface area contributed by atoms with Crippen molar-refractivity contribution in [1.29, 1.82) is 0 Å². The van der Waals surface area contributed by atoms with Crippen LogP contribution in [0.3, 0.4) is 0 Å². The Balaban J connectivity index is 2.13. The summed E-state index contributed by atoms with van der Waals surface area (Å²) in [6.07, 6.45) is 1.46. The van der Waals surface area contributed by atoms with E-state index in [1.807, 2.05) is 10.8 Å². The summed E-state index contributed by atoms with van der Waals surface area (Å²) >= 11 is 0. The first-order chi connectivity index (χ1) is 3.93. The molecule has 8 heavy (non-hydrogen) atoms. The highest BCUT2D eigenvalue weighted by Gasteiger charge is 2.10. The van der Waals surface area contributed by atoms with E-state index in [0.717, 1.165) is 5.66 Å². The fourth-order valence-electron chi connectivity index (χ4n) is 0.691. The fraction of sp³-hybridized carbons (Fsp3) is 1.00. The quantitative estimate of drug-likeness (QED) is 0.433. The zero-order valence-corrected chi connectivity index (χ0v) is 7.65. The maximum absolute atomic E-state index is 2.32. The Morgan fingerprint density at radius 1 is 1.50 bits per heavy atom. The van der Waals surface area contributed by atoms with Gasteiger partial charge in [-0.1, -0.05) is 21.6 Å². The van der Waals surface area contributed by atoms with E-state index in [9.17, 15) is 0 Å². The highest BCUT2D eigenvalue weighted by Crippen LogP contribution is 2.35. The number of hydrogen-bond donors (Lipinski definition) is 0. The Labute approximate surface area is 60.8 Å². The van der Waals surface area contributed by atoms with Gasteiger partial charge in [0.15, 0.2) is 0 Å². The van der Waals surface area contributed by atoms with Gasteiger partial charge in [-0.2, -0.15) is 0 Å². The summed E-state index contributed by atoms with van der Waals surface area (Å²) in [7, 11) is 5.26. The lowest BCUT2D eigenvalue weighted by Crippen LogP contribution is -2.08. The summed E-state index contributed by atoms with van der Waals surface area (Å²) < 4.78 is 0. The second-order valence-electron chi connectivity index (χ2n) is 1.88. The van der Waals surface area contributed by atoms with Crippen LogP contribution in [-0.4, -0.2) is 23.8 Å². The van der Waals surface area contributed by atoms with E-state index in [2.05, 4.69) is 17.5 Å². The first-order valence-electron chi connectivity index (χ1n) is 2.85. The van der Waals surface area contributed by atoms with E-state index >= 15 is 0 Å². The summed E-state index contributed by atoms with van der Waals surface area (Å²) in [5, 5.41) is 0. The molecule has 0 aliphatic carbocycles. The molecule has 0 bridgehead atoms. The maximum Gasteiger partial charge on any atom is 0.0102 e. The molecule has 2 unspecified atom stereocenters. The summed E-state index contributed by atoms with van der Waals surface area (Å²) in [5.41, 5.74) is 1.06. The number of hydrogen-bond acceptors (Lipinski definition) is 2. The predicted molar refractivity (Wildman–Crippen MR) is 47.6 cm³/mol. The largest absolute Gasteiger partial charge is 0.121 e. The van der Waals surface area contributed by atoms with Crippen molar-refractivity contribution in [3.05, 3.63) is 0 Å². The van der Waals surface area contributed by atoms with E-state index in [1.165, 1.54) is 26.5 Å². The molecule has 48 valence electrons. The molecule has 1 aliphatic heterocycles. The SMILES string of the molecule is CPC1CCSSC1. The zero-order chi connectivity index (χ0) is 5.82. The van der Waals surface area contributed by atoms with E-state index in [-0.39, 0.29) is 0 Å². The zero-order valence-electron chi connectivity index (χ0n) is 5.02. The normalized spacial score (nSPS) is 31.9. The second kappa shape index (κ2) is 4.03. The highest BCUT2D eigenvalue weighted by atomic mass is 33.1. The molecule has 0 spiro atoms. The minimum atomic E-state index is 1.06. The fourth-order valence-corrected chi connectivity index (χ4v) is 4.96. The summed E-state index contributed by atoms with van der Waals surface area (Å²) in [6, 6.07) is 0. The van der Waals surface area contributed by atoms with Crippen LogP contribution in [0.4, 0.5) is 0 Å². The van der Waals surface area contributed by atoms with E-state index in [0.29, 0.717) is 0 Å². The van der Waals surface area contributed by atoms with Gasteiger partial charge >= 0.3 is 0 Å². The average Bonchev–Trinajstić information content (AvgIpc) is 1.90. The van der Waals surface area contributed by atoms with Crippen molar-refractivity contribution in [3.63, 3.8) is 0 Å². The summed E-state index contributed by atoms with van der Waals surface area (Å²) in [4.78, 5) is 0. The molecule has 1 saturated heterocycles. The second-order valence-corrected chi connectivity index (χ2v) is 5.90. The standard InChI is InChI=1S/C5H11PS2/c1-6-5-2-3-7-8-4-5/h5-6H,2-4H2,1H3. The Morgan fingerprint density at radius 3 is 2.75 bits per heavy atom. The molecular weight excluding hydrogens is 155 g/mol. The molecule has 0 nitrogen and oxygen atoms in total. The van der Waals surface area contributed by atoms with Gasteiger partial charge in [0.05, 0.1) is 0 Å². The molecule has 1 rings (SSSR count). The van der Waals surface area contributed by atoms with Crippen molar-refractivity contribution in [1.82, 2.24) is 0 Å². The van der Waals surface area contributed by atoms with Crippen molar-refractivity contribution in [2.45, 2.75) is 12.1 Å². The third kappa shape index (κ3) is 2.16. The maximum atomic E-state index is 2.32. The lowest BCUT2D eigenvalue weighted by molar-refractivity contribution is 0.922. The van der Waals surface area contributed by atoms with Crippen molar-refractivity contribution < 1.29 is 0 Å². The van der Waals surface area contributed by atoms with Gasteiger partial charge in [-0.25, -0.2) is 0 Å². The highest BCUT2D eigenvalue weighted by molar-refractivity contribution is 8.76. The van der Waals surface area contributed by atoms with Gasteiger partial charge in [0, 0.05) is 11.5 Å². The Hall–Kier alpha value is 1.13. The van der Waals surface area contributed by atoms with E-state index in [4.69, 9.17) is 0 Å². The first kappa shape index (κ1) is 7.24. The lowest BCUT2D eigenvalue weighted by Gasteiger charge is -2.17. The minimum Gasteiger partial charge on any atom is -0.121 e. The third-order valence-corrected chi connectivity index (χ3v) is 5.43. The molecule has 2 atom stereocenters. The van der Waals surface area contributed by atoms with Gasteiger partial charge in [-0.05, 0) is 18.7 Å². The van der Waals surface area contributed by atoms with Gasteiger partial charge in [-0.3, -0.25) is 0 Å². The average molecular weight is 166 g/mol.